The average molecular weight is 539 g/mol. The lowest BCUT2D eigenvalue weighted by atomic mass is 9.94. The third kappa shape index (κ3) is 4.85. The van der Waals surface area contributed by atoms with Gasteiger partial charge in [-0.05, 0) is 61.2 Å². The number of fused-ring (bicyclic) bond motifs is 1. The second-order valence-corrected chi connectivity index (χ2v) is 11.2. The van der Waals surface area contributed by atoms with E-state index in [1.807, 2.05) is 25.1 Å². The number of carbonyl (C=O) groups excluding carboxylic acids is 1. The number of nitrogens with one attached hydrogen (secondary N) is 1. The molecule has 0 saturated heterocycles. The average Bonchev–Trinajstić information content (AvgIpc) is 3.62. The van der Waals surface area contributed by atoms with E-state index in [0.717, 1.165) is 5.56 Å². The summed E-state index contributed by atoms with van der Waals surface area (Å²) in [6, 6.07) is 15.5. The van der Waals surface area contributed by atoms with E-state index < -0.39 is 28.1 Å². The maximum Gasteiger partial charge on any atom is 0.236 e. The Kier molecular flexibility index (Phi) is 7.10. The van der Waals surface area contributed by atoms with Gasteiger partial charge in [-0.1, -0.05) is 37.6 Å². The fourth-order valence-corrected chi connectivity index (χ4v) is 5.81. The summed E-state index contributed by atoms with van der Waals surface area (Å²) in [4.78, 5) is 17.6. The Balaban J connectivity index is 1.31. The van der Waals surface area contributed by atoms with Crippen molar-refractivity contribution in [3.05, 3.63) is 71.4 Å². The minimum absolute atomic E-state index is 0.0201. The second-order valence-electron chi connectivity index (χ2n) is 9.42. The smallest absolute Gasteiger partial charge is 0.236 e. The molecule has 2 aliphatic rings. The molecule has 0 radical (unpaired) electrons. The monoisotopic (exact) mass is 538 g/mol. The Morgan fingerprint density at radius 3 is 2.55 bits per heavy atom. The molecule has 1 atom stereocenters. The van der Waals surface area contributed by atoms with Gasteiger partial charge in [0.15, 0.2) is 11.5 Å². The van der Waals surface area contributed by atoms with Crippen LogP contribution < -0.4 is 14.8 Å². The molecule has 3 aromatic rings. The highest BCUT2D eigenvalue weighted by Gasteiger charge is 2.51. The van der Waals surface area contributed by atoms with Gasteiger partial charge in [-0.15, -0.1) is 0 Å². The van der Waals surface area contributed by atoms with Crippen molar-refractivity contribution in [2.45, 2.75) is 49.0 Å². The number of aromatic nitrogens is 1. The van der Waals surface area contributed by atoms with Gasteiger partial charge in [0.25, 0.3) is 0 Å². The van der Waals surface area contributed by atoms with Gasteiger partial charge in [0.2, 0.25) is 22.7 Å². The van der Waals surface area contributed by atoms with Crippen molar-refractivity contribution in [3.63, 3.8) is 0 Å². The molecule has 1 saturated carbocycles. The van der Waals surface area contributed by atoms with Crippen LogP contribution in [0.3, 0.4) is 0 Å². The summed E-state index contributed by atoms with van der Waals surface area (Å²) < 4.78 is 36.3. The summed E-state index contributed by atoms with van der Waals surface area (Å²) in [6.45, 7) is 1.43. The molecule has 5 rings (SSSR count). The Bertz CT molecular complexity index is 1440. The molecule has 1 fully saturated rings. The Morgan fingerprint density at radius 2 is 1.87 bits per heavy atom. The van der Waals surface area contributed by atoms with Crippen LogP contribution in [0.1, 0.15) is 38.2 Å². The Hall–Kier alpha value is -3.51. The number of benzene rings is 2. The summed E-state index contributed by atoms with van der Waals surface area (Å²) in [7, 11) is -4.31. The number of hydrogen-bond donors (Lipinski definition) is 2. The van der Waals surface area contributed by atoms with E-state index in [-0.39, 0.29) is 28.5 Å². The fraction of sp³-hybridized carbons (Fsp3) is 0.333. The van der Waals surface area contributed by atoms with Crippen molar-refractivity contribution < 1.29 is 27.8 Å². The number of nitrogens with zero attached hydrogens (tertiary/aromatic N) is 2. The summed E-state index contributed by atoms with van der Waals surface area (Å²) in [5.41, 5.74) is 1.35. The molecular weight excluding hydrogens is 510 g/mol. The SMILES string of the molecule is CCC[C@H](CO)N([O-])S(=O)(=O)c1ccc(-c2cccc(NC(=O)C3(c4ccc5c(c4)OCO5)CC3)n2)cc1. The maximum absolute atomic E-state index is 13.2. The summed E-state index contributed by atoms with van der Waals surface area (Å²) in [6.07, 6.45) is 2.24. The number of sulfonamides is 1. The maximum atomic E-state index is 13.2. The lowest BCUT2D eigenvalue weighted by Crippen LogP contribution is -2.38. The van der Waals surface area contributed by atoms with Gasteiger partial charge in [0.05, 0.1) is 22.6 Å². The van der Waals surface area contributed by atoms with Crippen molar-refractivity contribution in [2.75, 3.05) is 18.7 Å². The number of amides is 1. The number of carbonyl (C=O) groups is 1. The van der Waals surface area contributed by atoms with Gasteiger partial charge in [0, 0.05) is 11.6 Å². The van der Waals surface area contributed by atoms with Crippen molar-refractivity contribution in [1.82, 2.24) is 9.45 Å². The minimum Gasteiger partial charge on any atom is -0.772 e. The van der Waals surface area contributed by atoms with Crippen LogP contribution in [0.15, 0.2) is 65.6 Å². The molecule has 2 aromatic carbocycles. The van der Waals surface area contributed by atoms with Crippen molar-refractivity contribution in [3.8, 4) is 22.8 Å². The molecule has 11 heteroatoms. The molecule has 2 heterocycles. The van der Waals surface area contributed by atoms with Crippen LogP contribution in [-0.4, -0.2) is 48.3 Å². The first-order valence-electron chi connectivity index (χ1n) is 12.4. The second kappa shape index (κ2) is 10.3. The lowest BCUT2D eigenvalue weighted by molar-refractivity contribution is -0.118. The molecule has 2 N–H and O–H groups in total. The van der Waals surface area contributed by atoms with Gasteiger partial charge in [0.1, 0.15) is 5.82 Å². The summed E-state index contributed by atoms with van der Waals surface area (Å²) in [5.74, 6) is 1.50. The molecule has 0 bridgehead atoms. The highest BCUT2D eigenvalue weighted by atomic mass is 32.2. The normalized spacial score (nSPS) is 16.3. The summed E-state index contributed by atoms with van der Waals surface area (Å²) in [5, 5.41) is 24.8. The first-order valence-corrected chi connectivity index (χ1v) is 13.8. The number of ether oxygens (including phenoxy) is 2. The number of anilines is 1. The first kappa shape index (κ1) is 26.1. The van der Waals surface area contributed by atoms with Crippen molar-refractivity contribution in [1.29, 1.82) is 0 Å². The predicted octanol–water partition coefficient (Wildman–Crippen LogP) is 3.80. The van der Waals surface area contributed by atoms with E-state index in [0.29, 0.717) is 47.8 Å². The molecular formula is C27H28N3O7S-. The number of aliphatic hydroxyl groups excluding tert-OH is 1. The zero-order chi connectivity index (χ0) is 26.9. The van der Waals surface area contributed by atoms with Gasteiger partial charge in [-0.3, -0.25) is 9.26 Å². The number of pyridine rings is 1. The largest absolute Gasteiger partial charge is 0.772 e. The fourth-order valence-electron chi connectivity index (χ4n) is 4.56. The van der Waals surface area contributed by atoms with E-state index in [9.17, 15) is 23.5 Å². The molecule has 200 valence electrons. The van der Waals surface area contributed by atoms with Crippen LogP contribution >= 0.6 is 0 Å². The zero-order valence-corrected chi connectivity index (χ0v) is 21.6. The Labute approximate surface area is 220 Å². The standard InChI is InChI=1S/C27H28N3O7S/c1-2-4-20(16-31)30(33)38(34,35)21-10-7-18(8-11-21)22-5-3-6-25(28-22)29-26(32)27(13-14-27)19-9-12-23-24(15-19)37-17-36-23/h3,5-12,15,20,31H,2,4,13-14,16-17H2,1H3,(H,28,29,32)/q-1/t20-/m1/s1. The molecule has 38 heavy (non-hydrogen) atoms. The van der Waals surface area contributed by atoms with Crippen LogP contribution in [-0.2, 0) is 20.2 Å². The topological polar surface area (TPSA) is 141 Å². The van der Waals surface area contributed by atoms with E-state index in [4.69, 9.17) is 9.47 Å². The lowest BCUT2D eigenvalue weighted by Gasteiger charge is -2.34. The number of aliphatic hydroxyl groups is 1. The van der Waals surface area contributed by atoms with E-state index in [1.54, 1.807) is 30.3 Å². The number of rotatable bonds is 10. The minimum atomic E-state index is -4.31. The molecule has 1 aromatic heterocycles. The van der Waals surface area contributed by atoms with Gasteiger partial charge in [-0.2, -0.15) is 0 Å². The number of hydroxylamine groups is 1. The molecule has 1 amide bonds. The van der Waals surface area contributed by atoms with Crippen LogP contribution in [0.25, 0.3) is 11.3 Å². The zero-order valence-electron chi connectivity index (χ0n) is 20.8. The predicted molar refractivity (Wildman–Crippen MR) is 140 cm³/mol. The third-order valence-corrected chi connectivity index (χ3v) is 8.56. The number of hydrogen-bond acceptors (Lipinski definition) is 8. The Morgan fingerprint density at radius 1 is 1.13 bits per heavy atom. The highest BCUT2D eigenvalue weighted by Crippen LogP contribution is 2.51. The molecule has 0 spiro atoms. The van der Waals surface area contributed by atoms with Crippen LogP contribution in [0.5, 0.6) is 11.5 Å². The van der Waals surface area contributed by atoms with Gasteiger partial charge < -0.3 is 25.1 Å². The molecule has 10 nitrogen and oxygen atoms in total. The third-order valence-electron chi connectivity index (χ3n) is 6.92. The molecule has 1 aliphatic heterocycles. The van der Waals surface area contributed by atoms with Crippen molar-refractivity contribution in [2.24, 2.45) is 0 Å². The highest BCUT2D eigenvalue weighted by molar-refractivity contribution is 7.89. The van der Waals surface area contributed by atoms with Crippen molar-refractivity contribution >= 4 is 21.7 Å². The van der Waals surface area contributed by atoms with E-state index in [2.05, 4.69) is 10.3 Å². The quantitative estimate of drug-likeness (QED) is 0.372. The van der Waals surface area contributed by atoms with Crippen LogP contribution in [0, 0.1) is 5.21 Å². The first-order chi connectivity index (χ1) is 18.3. The van der Waals surface area contributed by atoms with E-state index >= 15 is 0 Å². The van der Waals surface area contributed by atoms with E-state index in [1.165, 1.54) is 12.1 Å². The van der Waals surface area contributed by atoms with Gasteiger partial charge in [-0.25, -0.2) is 13.4 Å². The molecule has 0 unspecified atom stereocenters. The summed E-state index contributed by atoms with van der Waals surface area (Å²) >= 11 is 0. The van der Waals surface area contributed by atoms with Crippen LogP contribution in [0.4, 0.5) is 5.82 Å². The van der Waals surface area contributed by atoms with Crippen LogP contribution in [0.2, 0.25) is 0 Å². The van der Waals surface area contributed by atoms with Gasteiger partial charge >= 0.3 is 0 Å². The molecule has 1 aliphatic carbocycles.